The van der Waals surface area contributed by atoms with Crippen molar-refractivity contribution in [3.63, 3.8) is 0 Å². The van der Waals surface area contributed by atoms with Crippen LogP contribution in [0.3, 0.4) is 0 Å². The lowest BCUT2D eigenvalue weighted by Crippen LogP contribution is -2.37. The molecule has 0 atom stereocenters. The number of halogens is 5. The van der Waals surface area contributed by atoms with E-state index in [2.05, 4.69) is 10.2 Å². The van der Waals surface area contributed by atoms with Gasteiger partial charge in [-0.05, 0) is 61.8 Å². The second-order valence-corrected chi connectivity index (χ2v) is 7.27. The lowest BCUT2D eigenvalue weighted by atomic mass is 9.95. The summed E-state index contributed by atoms with van der Waals surface area (Å²) in [4.78, 5) is 14.6. The molecule has 1 heterocycles. The van der Waals surface area contributed by atoms with Gasteiger partial charge in [0, 0.05) is 12.5 Å². The number of benzene rings is 2. The van der Waals surface area contributed by atoms with E-state index in [-0.39, 0.29) is 28.4 Å². The van der Waals surface area contributed by atoms with Gasteiger partial charge in [0.2, 0.25) is 5.91 Å². The Bertz CT molecular complexity index is 831. The summed E-state index contributed by atoms with van der Waals surface area (Å²) in [6, 6.07) is 9.14. The third-order valence-electron chi connectivity index (χ3n) is 4.83. The SMILES string of the molecule is O=C(Nc1cc(C(F)(F)F)ccc1Cl)C1CCN(Cc2ccc(F)cc2)CC1. The van der Waals surface area contributed by atoms with Crippen molar-refractivity contribution in [2.75, 3.05) is 18.4 Å². The molecule has 0 spiro atoms. The number of alkyl halides is 3. The average molecular weight is 415 g/mol. The Kier molecular flexibility index (Phi) is 6.25. The molecule has 0 aliphatic carbocycles. The van der Waals surface area contributed by atoms with Gasteiger partial charge in [0.15, 0.2) is 0 Å². The topological polar surface area (TPSA) is 32.3 Å². The maximum atomic E-state index is 13.0. The molecule has 150 valence electrons. The fourth-order valence-electron chi connectivity index (χ4n) is 3.23. The number of hydrogen-bond donors (Lipinski definition) is 1. The van der Waals surface area contributed by atoms with Crippen LogP contribution < -0.4 is 5.32 Å². The molecule has 1 fully saturated rings. The normalized spacial score (nSPS) is 16.2. The summed E-state index contributed by atoms with van der Waals surface area (Å²) < 4.78 is 51.5. The maximum Gasteiger partial charge on any atom is 0.416 e. The summed E-state index contributed by atoms with van der Waals surface area (Å²) >= 11 is 5.94. The summed E-state index contributed by atoms with van der Waals surface area (Å²) in [5.41, 5.74) is 0.0941. The molecule has 1 aliphatic rings. The van der Waals surface area contributed by atoms with Gasteiger partial charge in [-0.3, -0.25) is 9.69 Å². The van der Waals surface area contributed by atoms with Crippen molar-refractivity contribution < 1.29 is 22.4 Å². The molecule has 2 aromatic rings. The Hall–Kier alpha value is -2.12. The monoisotopic (exact) mass is 414 g/mol. The van der Waals surface area contributed by atoms with E-state index < -0.39 is 11.7 Å². The number of nitrogens with zero attached hydrogens (tertiary/aromatic N) is 1. The van der Waals surface area contributed by atoms with Crippen LogP contribution in [0, 0.1) is 11.7 Å². The van der Waals surface area contributed by atoms with Gasteiger partial charge in [-0.1, -0.05) is 23.7 Å². The number of nitrogens with one attached hydrogen (secondary N) is 1. The highest BCUT2D eigenvalue weighted by atomic mass is 35.5. The van der Waals surface area contributed by atoms with Gasteiger partial charge in [0.25, 0.3) is 0 Å². The molecular weight excluding hydrogens is 396 g/mol. The largest absolute Gasteiger partial charge is 0.416 e. The predicted molar refractivity (Wildman–Crippen MR) is 99.5 cm³/mol. The molecule has 8 heteroatoms. The van der Waals surface area contributed by atoms with Crippen LogP contribution in [0.1, 0.15) is 24.0 Å². The Morgan fingerprint density at radius 1 is 1.11 bits per heavy atom. The number of carbonyl (C=O) groups is 1. The molecule has 1 aliphatic heterocycles. The number of carbonyl (C=O) groups excluding carboxylic acids is 1. The minimum atomic E-state index is -4.50. The fraction of sp³-hybridized carbons (Fsp3) is 0.350. The molecule has 1 N–H and O–H groups in total. The molecule has 2 aromatic carbocycles. The number of rotatable bonds is 4. The van der Waals surface area contributed by atoms with Crippen LogP contribution >= 0.6 is 11.6 Å². The van der Waals surface area contributed by atoms with E-state index in [9.17, 15) is 22.4 Å². The van der Waals surface area contributed by atoms with E-state index in [1.54, 1.807) is 12.1 Å². The lowest BCUT2D eigenvalue weighted by molar-refractivity contribution is -0.137. The first-order chi connectivity index (χ1) is 13.2. The highest BCUT2D eigenvalue weighted by Gasteiger charge is 2.31. The van der Waals surface area contributed by atoms with Gasteiger partial charge >= 0.3 is 6.18 Å². The molecule has 0 radical (unpaired) electrons. The zero-order chi connectivity index (χ0) is 20.3. The van der Waals surface area contributed by atoms with E-state index >= 15 is 0 Å². The smallest absolute Gasteiger partial charge is 0.325 e. The maximum absolute atomic E-state index is 13.0. The second-order valence-electron chi connectivity index (χ2n) is 6.86. The summed E-state index contributed by atoms with van der Waals surface area (Å²) in [6.45, 7) is 2.01. The van der Waals surface area contributed by atoms with Crippen molar-refractivity contribution in [2.24, 2.45) is 5.92 Å². The number of hydrogen-bond acceptors (Lipinski definition) is 2. The molecule has 3 rings (SSSR count). The second kappa shape index (κ2) is 8.49. The molecule has 0 bridgehead atoms. The first kappa shape index (κ1) is 20.6. The standard InChI is InChI=1S/C20H19ClF4N2O/c21-17-6-3-15(20(23,24)25)11-18(17)26-19(28)14-7-9-27(10-8-14)12-13-1-4-16(22)5-2-13/h1-6,11,14H,7-10,12H2,(H,26,28). The van der Waals surface area contributed by atoms with Crippen LogP contribution in [-0.2, 0) is 17.5 Å². The van der Waals surface area contributed by atoms with Crippen LogP contribution in [0.2, 0.25) is 5.02 Å². The lowest BCUT2D eigenvalue weighted by Gasteiger charge is -2.31. The Morgan fingerprint density at radius 2 is 1.75 bits per heavy atom. The van der Waals surface area contributed by atoms with E-state index in [4.69, 9.17) is 11.6 Å². The van der Waals surface area contributed by atoms with E-state index in [1.807, 2.05) is 0 Å². The molecule has 0 aromatic heterocycles. The molecule has 0 saturated carbocycles. The first-order valence-electron chi connectivity index (χ1n) is 8.87. The summed E-state index contributed by atoms with van der Waals surface area (Å²) in [6.07, 6.45) is -3.33. The fourth-order valence-corrected chi connectivity index (χ4v) is 3.40. The van der Waals surface area contributed by atoms with Crippen molar-refractivity contribution >= 4 is 23.2 Å². The Labute approximate surface area is 165 Å². The van der Waals surface area contributed by atoms with Crippen LogP contribution in [0.25, 0.3) is 0 Å². The van der Waals surface area contributed by atoms with Crippen LogP contribution in [-0.4, -0.2) is 23.9 Å². The highest BCUT2D eigenvalue weighted by Crippen LogP contribution is 2.34. The van der Waals surface area contributed by atoms with Gasteiger partial charge in [-0.25, -0.2) is 4.39 Å². The third-order valence-corrected chi connectivity index (χ3v) is 5.16. The van der Waals surface area contributed by atoms with Crippen molar-refractivity contribution in [1.29, 1.82) is 0 Å². The van der Waals surface area contributed by atoms with Crippen LogP contribution in [0.4, 0.5) is 23.2 Å². The van der Waals surface area contributed by atoms with Crippen LogP contribution in [0.5, 0.6) is 0 Å². The van der Waals surface area contributed by atoms with E-state index in [0.29, 0.717) is 32.5 Å². The van der Waals surface area contributed by atoms with Gasteiger partial charge in [0.05, 0.1) is 16.3 Å². The van der Waals surface area contributed by atoms with Crippen LogP contribution in [0.15, 0.2) is 42.5 Å². The van der Waals surface area contributed by atoms with Gasteiger partial charge in [-0.2, -0.15) is 13.2 Å². The number of piperidine rings is 1. The molecule has 0 unspecified atom stereocenters. The number of likely N-dealkylation sites (tertiary alicyclic amines) is 1. The van der Waals surface area contributed by atoms with Crippen molar-refractivity contribution in [3.8, 4) is 0 Å². The minimum Gasteiger partial charge on any atom is -0.325 e. The number of amides is 1. The molecule has 3 nitrogen and oxygen atoms in total. The van der Waals surface area contributed by atoms with Gasteiger partial charge in [0.1, 0.15) is 5.82 Å². The molecule has 1 saturated heterocycles. The predicted octanol–water partition coefficient (Wildman–Crippen LogP) is 5.35. The first-order valence-corrected chi connectivity index (χ1v) is 9.24. The van der Waals surface area contributed by atoms with Gasteiger partial charge < -0.3 is 5.32 Å². The molecule has 1 amide bonds. The van der Waals surface area contributed by atoms with Crippen molar-refractivity contribution in [1.82, 2.24) is 4.90 Å². The zero-order valence-corrected chi connectivity index (χ0v) is 15.7. The Balaban J connectivity index is 1.56. The van der Waals surface area contributed by atoms with Gasteiger partial charge in [-0.15, -0.1) is 0 Å². The summed E-state index contributed by atoms with van der Waals surface area (Å²) in [5, 5.41) is 2.60. The number of anilines is 1. The summed E-state index contributed by atoms with van der Waals surface area (Å²) in [5.74, 6) is -0.912. The van der Waals surface area contributed by atoms with E-state index in [0.717, 1.165) is 23.8 Å². The average Bonchev–Trinajstić information content (AvgIpc) is 2.65. The summed E-state index contributed by atoms with van der Waals surface area (Å²) in [7, 11) is 0. The Morgan fingerprint density at radius 3 is 2.36 bits per heavy atom. The highest BCUT2D eigenvalue weighted by molar-refractivity contribution is 6.33. The third kappa shape index (κ3) is 5.23. The molecule has 28 heavy (non-hydrogen) atoms. The van der Waals surface area contributed by atoms with Crippen molar-refractivity contribution in [3.05, 3.63) is 64.4 Å². The minimum absolute atomic E-state index is 0.0322. The zero-order valence-electron chi connectivity index (χ0n) is 14.9. The molecular formula is C20H19ClF4N2O. The van der Waals surface area contributed by atoms with Crippen molar-refractivity contribution in [2.45, 2.75) is 25.6 Å². The van der Waals surface area contributed by atoms with E-state index in [1.165, 1.54) is 12.1 Å². The quantitative estimate of drug-likeness (QED) is 0.684.